The number of fused-ring (bicyclic) bond motifs is 1. The summed E-state index contributed by atoms with van der Waals surface area (Å²) in [5.41, 5.74) is 2.70. The number of ether oxygens (including phenoxy) is 5. The topological polar surface area (TPSA) is 284 Å². The third-order valence-corrected chi connectivity index (χ3v) is 10.6. The molecular formula is C36H51N9O13. The average molecular weight is 818 g/mol. The molecule has 0 aromatic carbocycles. The average Bonchev–Trinajstić information content (AvgIpc) is 3.65. The monoisotopic (exact) mass is 817 g/mol. The van der Waals surface area contributed by atoms with Gasteiger partial charge in [-0.15, -0.1) is 6.58 Å². The molecule has 3 aliphatic heterocycles. The van der Waals surface area contributed by atoms with Crippen LogP contribution in [0.2, 0.25) is 0 Å². The fourth-order valence-electron chi connectivity index (χ4n) is 7.53. The molecule has 3 fully saturated rings. The van der Waals surface area contributed by atoms with Crippen molar-refractivity contribution in [2.75, 3.05) is 52.4 Å². The summed E-state index contributed by atoms with van der Waals surface area (Å²) < 4.78 is 29.3. The van der Waals surface area contributed by atoms with Crippen molar-refractivity contribution < 1.29 is 63.3 Å². The highest BCUT2D eigenvalue weighted by Gasteiger charge is 2.54. The number of piperidine rings is 1. The maximum Gasteiger partial charge on any atom is 0.346 e. The van der Waals surface area contributed by atoms with Crippen molar-refractivity contribution in [1.82, 2.24) is 35.2 Å². The number of nitriles is 1. The van der Waals surface area contributed by atoms with Gasteiger partial charge in [0.2, 0.25) is 11.8 Å². The van der Waals surface area contributed by atoms with E-state index in [1.807, 2.05) is 18.0 Å². The SMILES string of the molecule is C=CCN(NC(=O)n1ccc2c(N(C)[C@H]3CN(C(=O)CC#N)CC[C@H]3C)ncnc21)C(=O)C1O[C@@H](OC2C(NC(C)=O)[C@H](OC)OC(CO)[C@H]2O)C(O)C(O)[C@@H]1OC. The number of hydrazine groups is 1. The van der Waals surface area contributed by atoms with Crippen molar-refractivity contribution in [1.29, 1.82) is 5.26 Å². The lowest BCUT2D eigenvalue weighted by molar-refractivity contribution is -0.339. The van der Waals surface area contributed by atoms with Crippen molar-refractivity contribution >= 4 is 40.6 Å². The molecule has 3 aliphatic rings. The minimum absolute atomic E-state index is 0.160. The molecule has 4 amide bonds. The molecule has 0 aliphatic carbocycles. The largest absolute Gasteiger partial charge is 0.394 e. The number of anilines is 1. The fourth-order valence-corrected chi connectivity index (χ4v) is 7.53. The number of aliphatic hydroxyl groups excluding tert-OH is 4. The van der Waals surface area contributed by atoms with Crippen LogP contribution in [0.15, 0.2) is 31.2 Å². The molecule has 2 aromatic rings. The van der Waals surface area contributed by atoms with Gasteiger partial charge in [0.1, 0.15) is 61.2 Å². The van der Waals surface area contributed by atoms with Gasteiger partial charge in [-0.25, -0.2) is 25.2 Å². The van der Waals surface area contributed by atoms with E-state index in [1.54, 1.807) is 11.0 Å². The lowest BCUT2D eigenvalue weighted by atomic mass is 9.92. The Morgan fingerprint density at radius 1 is 1.10 bits per heavy atom. The van der Waals surface area contributed by atoms with Crippen LogP contribution in [0.5, 0.6) is 0 Å². The summed E-state index contributed by atoms with van der Waals surface area (Å²) in [5.74, 6) is -1.13. The molecule has 5 rings (SSSR count). The molecule has 0 bridgehead atoms. The zero-order valence-electron chi connectivity index (χ0n) is 32.8. The van der Waals surface area contributed by atoms with E-state index in [2.05, 4.69) is 34.2 Å². The van der Waals surface area contributed by atoms with Crippen LogP contribution in [-0.2, 0) is 38.1 Å². The molecule has 6 N–H and O–H groups in total. The Labute approximate surface area is 333 Å². The van der Waals surface area contributed by atoms with E-state index in [1.165, 1.54) is 39.7 Å². The van der Waals surface area contributed by atoms with Crippen molar-refractivity contribution in [3.8, 4) is 6.07 Å². The van der Waals surface area contributed by atoms with Gasteiger partial charge in [-0.1, -0.05) is 13.0 Å². The Morgan fingerprint density at radius 3 is 2.48 bits per heavy atom. The quantitative estimate of drug-likeness (QED) is 0.0960. The smallest absolute Gasteiger partial charge is 0.346 e. The van der Waals surface area contributed by atoms with Crippen molar-refractivity contribution in [2.45, 2.75) is 94.1 Å². The van der Waals surface area contributed by atoms with E-state index < -0.39 is 85.8 Å². The van der Waals surface area contributed by atoms with E-state index in [0.29, 0.717) is 30.7 Å². The summed E-state index contributed by atoms with van der Waals surface area (Å²) in [4.78, 5) is 65.1. The van der Waals surface area contributed by atoms with Gasteiger partial charge in [0.15, 0.2) is 24.3 Å². The third-order valence-electron chi connectivity index (χ3n) is 10.6. The highest BCUT2D eigenvalue weighted by molar-refractivity contribution is 5.95. The number of nitrogens with zero attached hydrogens (tertiary/aromatic N) is 7. The zero-order chi connectivity index (χ0) is 42.4. The summed E-state index contributed by atoms with van der Waals surface area (Å²) in [5, 5.41) is 56.1. The number of hydrogen-bond acceptors (Lipinski definition) is 17. The summed E-state index contributed by atoms with van der Waals surface area (Å²) >= 11 is 0. The number of likely N-dealkylation sites (tertiary alicyclic amines) is 1. The fraction of sp³-hybridized carbons (Fsp3) is 0.639. The van der Waals surface area contributed by atoms with E-state index >= 15 is 0 Å². The first-order chi connectivity index (χ1) is 27.7. The van der Waals surface area contributed by atoms with E-state index in [0.717, 1.165) is 9.58 Å². The molecular weight excluding hydrogens is 766 g/mol. The van der Waals surface area contributed by atoms with Gasteiger partial charge in [-0.3, -0.25) is 19.0 Å². The first-order valence-electron chi connectivity index (χ1n) is 18.6. The lowest BCUT2D eigenvalue weighted by Crippen LogP contribution is -2.69. The van der Waals surface area contributed by atoms with Crippen LogP contribution in [0.1, 0.15) is 26.7 Å². The molecule has 3 saturated heterocycles. The van der Waals surface area contributed by atoms with Crippen LogP contribution < -0.4 is 15.6 Å². The van der Waals surface area contributed by atoms with Crippen molar-refractivity contribution in [3.63, 3.8) is 0 Å². The number of aliphatic hydroxyl groups is 4. The number of carbonyl (C=O) groups is 4. The van der Waals surface area contributed by atoms with Gasteiger partial charge in [0.05, 0.1) is 30.6 Å². The second kappa shape index (κ2) is 19.3. The Balaban J connectivity index is 1.37. The molecule has 58 heavy (non-hydrogen) atoms. The van der Waals surface area contributed by atoms with E-state index in [4.69, 9.17) is 28.9 Å². The Bertz CT molecular complexity index is 1840. The van der Waals surface area contributed by atoms with Gasteiger partial charge in [-0.05, 0) is 18.4 Å². The number of likely N-dealkylation sites (N-methyl/N-ethyl adjacent to an activating group) is 1. The number of rotatable bonds is 12. The van der Waals surface area contributed by atoms with Crippen LogP contribution in [0.25, 0.3) is 11.0 Å². The second-order valence-electron chi connectivity index (χ2n) is 14.3. The summed E-state index contributed by atoms with van der Waals surface area (Å²) in [6.07, 6.45) is -9.81. The van der Waals surface area contributed by atoms with Crippen LogP contribution in [0, 0.1) is 17.2 Å². The van der Waals surface area contributed by atoms with Crippen molar-refractivity contribution in [2.24, 2.45) is 5.92 Å². The Kier molecular flexibility index (Phi) is 14.7. The van der Waals surface area contributed by atoms with Gasteiger partial charge in [-0.2, -0.15) is 5.26 Å². The molecule has 22 nitrogen and oxygen atoms in total. The predicted octanol–water partition coefficient (Wildman–Crippen LogP) is -2.42. The van der Waals surface area contributed by atoms with Crippen molar-refractivity contribution in [3.05, 3.63) is 31.2 Å². The highest BCUT2D eigenvalue weighted by Crippen LogP contribution is 2.32. The van der Waals surface area contributed by atoms with Crippen LogP contribution in [0.3, 0.4) is 0 Å². The number of methoxy groups -OCH3 is 2. The lowest BCUT2D eigenvalue weighted by Gasteiger charge is -2.47. The molecule has 0 saturated carbocycles. The summed E-state index contributed by atoms with van der Waals surface area (Å²) in [7, 11) is 4.25. The van der Waals surface area contributed by atoms with E-state index in [9.17, 15) is 39.6 Å². The molecule has 0 spiro atoms. The maximum absolute atomic E-state index is 14.2. The van der Waals surface area contributed by atoms with Gasteiger partial charge in [0.25, 0.3) is 5.91 Å². The first kappa shape index (κ1) is 44.3. The maximum atomic E-state index is 14.2. The number of hydrogen-bond donors (Lipinski definition) is 6. The molecule has 22 heteroatoms. The third kappa shape index (κ3) is 9.07. The van der Waals surface area contributed by atoms with Gasteiger partial charge in [0, 0.05) is 47.5 Å². The summed E-state index contributed by atoms with van der Waals surface area (Å²) in [6.45, 7) is 6.88. The Morgan fingerprint density at radius 2 is 1.84 bits per heavy atom. The van der Waals surface area contributed by atoms with Gasteiger partial charge >= 0.3 is 6.03 Å². The number of amides is 4. The zero-order valence-corrected chi connectivity index (χ0v) is 32.8. The highest BCUT2D eigenvalue weighted by atomic mass is 16.7. The van der Waals surface area contributed by atoms with Gasteiger partial charge < -0.3 is 59.2 Å². The number of nitrogens with one attached hydrogen (secondary N) is 2. The van der Waals surface area contributed by atoms with Crippen LogP contribution >= 0.6 is 0 Å². The minimum atomic E-state index is -1.87. The molecule has 12 atom stereocenters. The Hall–Kier alpha value is -4.83. The molecule has 2 aromatic heterocycles. The normalized spacial score (nSPS) is 31.2. The molecule has 6 unspecified atom stereocenters. The number of carbonyl (C=O) groups excluding carboxylic acids is 4. The number of aromatic nitrogens is 3. The molecule has 0 radical (unpaired) electrons. The first-order valence-corrected chi connectivity index (χ1v) is 18.6. The second-order valence-corrected chi connectivity index (χ2v) is 14.3. The summed E-state index contributed by atoms with van der Waals surface area (Å²) in [6, 6.07) is 1.33. The minimum Gasteiger partial charge on any atom is -0.394 e. The van der Waals surface area contributed by atoms with Crippen LogP contribution in [0.4, 0.5) is 10.6 Å². The predicted molar refractivity (Wildman–Crippen MR) is 199 cm³/mol. The molecule has 318 valence electrons. The molecule has 5 heterocycles. The van der Waals surface area contributed by atoms with E-state index in [-0.39, 0.29) is 36.5 Å². The standard InChI is InChI=1S/C36H51N9O13/c1-7-12-45(41-36(53)44-14-10-20-31(38-17-39-32(20)44)42(4)21-15-43(13-9-18(21)2)23(48)8-11-37)33(52)30-29(54-5)26(50)27(51)35(58-30)57-28-24(40-19(3)47)34(55-6)56-22(16-46)25(28)49/h7,10,14,17-18,21-22,24-30,34-35,46,49-51H,1,8-9,12-13,15-16H2,2-6H3,(H,40,47)(H,41,53)/t18-,21+,22?,24?,25-,26?,27?,28?,29+,30?,34-,35-/m1/s1. The van der Waals surface area contributed by atoms with Crippen LogP contribution in [-0.4, -0.2) is 184 Å².